The lowest BCUT2D eigenvalue weighted by Gasteiger charge is -2.19. The smallest absolute Gasteiger partial charge is 0.311 e. The molecule has 39 heavy (non-hydrogen) atoms. The van der Waals surface area contributed by atoms with Crippen LogP contribution in [0.4, 0.5) is 5.69 Å². The highest BCUT2D eigenvalue weighted by Crippen LogP contribution is 2.41. The number of ether oxygens (including phenoxy) is 1. The molecule has 194 valence electrons. The van der Waals surface area contributed by atoms with Crippen molar-refractivity contribution < 1.29 is 19.9 Å². The first kappa shape index (κ1) is 24.0. The van der Waals surface area contributed by atoms with E-state index >= 15 is 0 Å². The van der Waals surface area contributed by atoms with Crippen LogP contribution in [0.2, 0.25) is 0 Å². The van der Waals surface area contributed by atoms with Crippen LogP contribution < -0.4 is 15.9 Å². The zero-order valence-corrected chi connectivity index (χ0v) is 21.1. The van der Waals surface area contributed by atoms with Crippen molar-refractivity contribution >= 4 is 38.0 Å². The molecule has 0 atom stereocenters. The highest BCUT2D eigenvalue weighted by Gasteiger charge is 2.25. The molecule has 0 aliphatic rings. The van der Waals surface area contributed by atoms with Gasteiger partial charge >= 0.3 is 5.69 Å². The number of rotatable bonds is 4. The summed E-state index contributed by atoms with van der Waals surface area (Å²) in [4.78, 5) is 38.3. The van der Waals surface area contributed by atoms with E-state index in [2.05, 4.69) is 0 Å². The SMILES string of the molecule is COc1cc(-n2c(O)c3ccc4c(=O)n(-c5ccc(C)cc5)c(O)c5ccc(c2=O)c3c54)c(C)cc1[N+](=O)[O-]. The topological polar surface area (TPSA) is 137 Å². The fourth-order valence-corrected chi connectivity index (χ4v) is 5.26. The van der Waals surface area contributed by atoms with E-state index < -0.39 is 21.9 Å². The predicted octanol–water partition coefficient (Wildman–Crippen LogP) is 4.83. The number of hydrogen-bond acceptors (Lipinski definition) is 7. The van der Waals surface area contributed by atoms with Crippen LogP contribution in [0.3, 0.4) is 0 Å². The van der Waals surface area contributed by atoms with Crippen molar-refractivity contribution in [3.05, 3.63) is 103 Å². The van der Waals surface area contributed by atoms with Crippen LogP contribution in [0.1, 0.15) is 11.1 Å². The Bertz CT molecular complexity index is 2110. The molecule has 0 unspecified atom stereocenters. The van der Waals surface area contributed by atoms with Gasteiger partial charge in [-0.1, -0.05) is 17.7 Å². The zero-order chi connectivity index (χ0) is 27.7. The van der Waals surface area contributed by atoms with Gasteiger partial charge in [0.15, 0.2) is 5.75 Å². The summed E-state index contributed by atoms with van der Waals surface area (Å²) in [5.41, 5.74) is 0.706. The monoisotopic (exact) mass is 523 g/mol. The molecule has 0 radical (unpaired) electrons. The first-order valence-electron chi connectivity index (χ1n) is 11.9. The second kappa shape index (κ2) is 8.32. The first-order chi connectivity index (χ1) is 18.6. The van der Waals surface area contributed by atoms with Crippen LogP contribution >= 0.6 is 0 Å². The average molecular weight is 524 g/mol. The van der Waals surface area contributed by atoms with Gasteiger partial charge in [0.05, 0.1) is 23.4 Å². The summed E-state index contributed by atoms with van der Waals surface area (Å²) in [5, 5.41) is 35.8. The number of aromatic nitrogens is 2. The molecule has 0 aliphatic heterocycles. The van der Waals surface area contributed by atoms with E-state index in [-0.39, 0.29) is 39.2 Å². The molecule has 6 rings (SSSR count). The highest BCUT2D eigenvalue weighted by molar-refractivity contribution is 6.24. The molecule has 2 aromatic heterocycles. The lowest BCUT2D eigenvalue weighted by atomic mass is 9.96. The summed E-state index contributed by atoms with van der Waals surface area (Å²) in [5.74, 6) is -0.771. The van der Waals surface area contributed by atoms with Gasteiger partial charge in [-0.3, -0.25) is 19.7 Å². The molecule has 10 nitrogen and oxygen atoms in total. The molecule has 0 amide bonds. The third-order valence-corrected chi connectivity index (χ3v) is 7.16. The van der Waals surface area contributed by atoms with Crippen LogP contribution in [0.25, 0.3) is 43.7 Å². The van der Waals surface area contributed by atoms with Crippen LogP contribution in [0.15, 0.2) is 70.3 Å². The van der Waals surface area contributed by atoms with Crippen LogP contribution in [0.5, 0.6) is 17.5 Å². The molecular weight excluding hydrogens is 502 g/mol. The molecule has 0 saturated carbocycles. The normalized spacial score (nSPS) is 11.6. The lowest BCUT2D eigenvalue weighted by molar-refractivity contribution is -0.385. The molecule has 0 bridgehead atoms. The van der Waals surface area contributed by atoms with Gasteiger partial charge in [-0.05, 0) is 55.8 Å². The van der Waals surface area contributed by atoms with Crippen molar-refractivity contribution in [1.82, 2.24) is 9.13 Å². The fraction of sp³-hybridized carbons (Fsp3) is 0.103. The molecule has 0 aliphatic carbocycles. The molecule has 6 aromatic rings. The Kier molecular flexibility index (Phi) is 5.12. The third-order valence-electron chi connectivity index (χ3n) is 7.16. The van der Waals surface area contributed by atoms with Gasteiger partial charge < -0.3 is 14.9 Å². The molecule has 10 heteroatoms. The average Bonchev–Trinajstić information content (AvgIpc) is 2.92. The maximum Gasteiger partial charge on any atom is 0.311 e. The number of aromatic hydroxyl groups is 2. The first-order valence-corrected chi connectivity index (χ1v) is 11.9. The Labute approximate surface area is 219 Å². The van der Waals surface area contributed by atoms with E-state index in [4.69, 9.17) is 4.74 Å². The number of methoxy groups -OCH3 is 1. The van der Waals surface area contributed by atoms with E-state index in [0.717, 1.165) is 10.1 Å². The minimum absolute atomic E-state index is 0.0708. The number of nitro benzene ring substituents is 1. The van der Waals surface area contributed by atoms with Crippen molar-refractivity contribution in [2.45, 2.75) is 13.8 Å². The van der Waals surface area contributed by atoms with Crippen molar-refractivity contribution in [2.75, 3.05) is 7.11 Å². The van der Waals surface area contributed by atoms with E-state index in [1.807, 2.05) is 19.1 Å². The summed E-state index contributed by atoms with van der Waals surface area (Å²) in [6, 6.07) is 15.9. The summed E-state index contributed by atoms with van der Waals surface area (Å²) >= 11 is 0. The van der Waals surface area contributed by atoms with Gasteiger partial charge in [0, 0.05) is 44.5 Å². The second-order valence-electron chi connectivity index (χ2n) is 9.40. The summed E-state index contributed by atoms with van der Waals surface area (Å²) in [7, 11) is 1.28. The number of aryl methyl sites for hydroxylation is 2. The Morgan fingerprint density at radius 2 is 1.28 bits per heavy atom. The third kappa shape index (κ3) is 3.28. The minimum Gasteiger partial charge on any atom is -0.494 e. The van der Waals surface area contributed by atoms with E-state index in [0.29, 0.717) is 27.4 Å². The van der Waals surface area contributed by atoms with Gasteiger partial charge in [-0.15, -0.1) is 0 Å². The van der Waals surface area contributed by atoms with E-state index in [9.17, 15) is 29.9 Å². The number of benzene rings is 4. The zero-order valence-electron chi connectivity index (χ0n) is 21.1. The maximum atomic E-state index is 13.8. The van der Waals surface area contributed by atoms with Gasteiger partial charge in [0.25, 0.3) is 11.1 Å². The van der Waals surface area contributed by atoms with Crippen LogP contribution in [-0.2, 0) is 0 Å². The van der Waals surface area contributed by atoms with Crippen molar-refractivity contribution in [3.8, 4) is 28.9 Å². The van der Waals surface area contributed by atoms with E-state index in [1.54, 1.807) is 37.3 Å². The Morgan fingerprint density at radius 1 is 0.769 bits per heavy atom. The Morgan fingerprint density at radius 3 is 1.82 bits per heavy atom. The quantitative estimate of drug-likeness (QED) is 0.192. The standard InChI is InChI=1S/C29H21N3O7/c1-14-4-6-16(7-5-14)30-26(33)17-8-10-19-25-20(11-9-18(24(17)25)27(30)34)29(36)31(28(19)35)21-13-23(39-3)22(32(37)38)12-15(21)2/h4-13,33,36H,1-3H3. The number of nitro groups is 1. The molecule has 0 saturated heterocycles. The molecule has 0 spiro atoms. The number of pyridine rings is 2. The predicted molar refractivity (Wildman–Crippen MR) is 147 cm³/mol. The minimum atomic E-state index is -0.601. The number of nitrogens with zero attached hydrogens (tertiary/aromatic N) is 3. The summed E-state index contributed by atoms with van der Waals surface area (Å²) in [6.07, 6.45) is 0. The van der Waals surface area contributed by atoms with Crippen LogP contribution in [0, 0.1) is 24.0 Å². The summed E-state index contributed by atoms with van der Waals surface area (Å²) < 4.78 is 7.46. The van der Waals surface area contributed by atoms with Crippen molar-refractivity contribution in [3.63, 3.8) is 0 Å². The summed E-state index contributed by atoms with van der Waals surface area (Å²) in [6.45, 7) is 3.50. The second-order valence-corrected chi connectivity index (χ2v) is 9.40. The molecule has 2 N–H and O–H groups in total. The van der Waals surface area contributed by atoms with Gasteiger partial charge in [-0.2, -0.15) is 0 Å². The van der Waals surface area contributed by atoms with E-state index in [1.165, 1.54) is 29.9 Å². The Hall–Kier alpha value is -5.38. The van der Waals surface area contributed by atoms with Gasteiger partial charge in [-0.25, -0.2) is 9.13 Å². The highest BCUT2D eigenvalue weighted by atomic mass is 16.6. The fourth-order valence-electron chi connectivity index (χ4n) is 5.26. The molecule has 0 fully saturated rings. The lowest BCUT2D eigenvalue weighted by Crippen LogP contribution is -2.22. The number of hydrogen-bond donors (Lipinski definition) is 2. The van der Waals surface area contributed by atoms with Crippen molar-refractivity contribution in [2.24, 2.45) is 0 Å². The molecular formula is C29H21N3O7. The Balaban J connectivity index is 1.72. The maximum absolute atomic E-state index is 13.8. The van der Waals surface area contributed by atoms with Gasteiger partial charge in [0.2, 0.25) is 11.8 Å². The molecule has 4 aromatic carbocycles. The van der Waals surface area contributed by atoms with Crippen LogP contribution in [-0.4, -0.2) is 31.4 Å². The molecule has 2 heterocycles. The van der Waals surface area contributed by atoms with Gasteiger partial charge in [0.1, 0.15) is 0 Å². The largest absolute Gasteiger partial charge is 0.494 e. The van der Waals surface area contributed by atoms with Crippen molar-refractivity contribution in [1.29, 1.82) is 0 Å².